The van der Waals surface area contributed by atoms with Gasteiger partial charge in [0.25, 0.3) is 5.69 Å². The molecular formula is C21H15N3O6. The Morgan fingerprint density at radius 1 is 0.767 bits per heavy atom. The monoisotopic (exact) mass is 405 g/mol. The summed E-state index contributed by atoms with van der Waals surface area (Å²) >= 11 is 0. The fraction of sp³-hybridized carbons (Fsp3) is 0.0476. The van der Waals surface area contributed by atoms with Gasteiger partial charge in [0.05, 0.1) is 16.1 Å². The molecule has 3 rings (SSSR count). The lowest BCUT2D eigenvalue weighted by Crippen LogP contribution is -2.07. The molecule has 0 N–H and O–H groups in total. The molecule has 0 atom stereocenters. The van der Waals surface area contributed by atoms with Crippen LogP contribution in [0.1, 0.15) is 26.3 Å². The molecule has 0 saturated carbocycles. The van der Waals surface area contributed by atoms with E-state index in [0.717, 1.165) is 5.56 Å². The zero-order chi connectivity index (χ0) is 21.5. The van der Waals surface area contributed by atoms with Crippen LogP contribution in [0.5, 0.6) is 0 Å². The minimum Gasteiger partial charge on any atom is -0.312 e. The van der Waals surface area contributed by atoms with Gasteiger partial charge < -0.3 is 9.68 Å². The van der Waals surface area contributed by atoms with Gasteiger partial charge in [-0.05, 0) is 55.5 Å². The number of hydrogen-bond donors (Lipinski definition) is 0. The molecule has 0 aliphatic heterocycles. The van der Waals surface area contributed by atoms with Crippen LogP contribution in [0, 0.1) is 17.0 Å². The molecule has 0 unspecified atom stereocenters. The lowest BCUT2D eigenvalue weighted by atomic mass is 10.1. The summed E-state index contributed by atoms with van der Waals surface area (Å²) in [6.07, 6.45) is 6.09. The first-order chi connectivity index (χ1) is 14.4. The third-order valence-corrected chi connectivity index (χ3v) is 3.92. The van der Waals surface area contributed by atoms with Crippen molar-refractivity contribution in [3.8, 4) is 0 Å². The second kappa shape index (κ2) is 9.20. The van der Waals surface area contributed by atoms with Gasteiger partial charge in [0.15, 0.2) is 0 Å². The lowest BCUT2D eigenvalue weighted by Gasteiger charge is -2.03. The van der Waals surface area contributed by atoms with Crippen molar-refractivity contribution < 1.29 is 24.2 Å². The van der Waals surface area contributed by atoms with Gasteiger partial charge in [0.2, 0.25) is 0 Å². The number of benzene rings is 2. The maximum Gasteiger partial charge on any atom is 0.365 e. The van der Waals surface area contributed by atoms with Gasteiger partial charge in [-0.15, -0.1) is 0 Å². The molecule has 0 heterocycles. The van der Waals surface area contributed by atoms with E-state index in [4.69, 9.17) is 9.68 Å². The van der Waals surface area contributed by atoms with E-state index in [9.17, 15) is 19.7 Å². The van der Waals surface area contributed by atoms with Crippen LogP contribution in [0.25, 0.3) is 0 Å². The van der Waals surface area contributed by atoms with Crippen molar-refractivity contribution in [2.45, 2.75) is 6.92 Å². The number of nitro groups is 1. The fourth-order valence-electron chi connectivity index (χ4n) is 2.28. The summed E-state index contributed by atoms with van der Waals surface area (Å²) in [6, 6.07) is 11.8. The van der Waals surface area contributed by atoms with Gasteiger partial charge in [-0.25, -0.2) is 9.59 Å². The molecule has 30 heavy (non-hydrogen) atoms. The van der Waals surface area contributed by atoms with Crippen molar-refractivity contribution in [2.24, 2.45) is 10.3 Å². The molecule has 2 aromatic carbocycles. The highest BCUT2D eigenvalue weighted by Gasteiger charge is 2.11. The summed E-state index contributed by atoms with van der Waals surface area (Å²) in [4.78, 5) is 43.7. The van der Waals surface area contributed by atoms with E-state index in [1.165, 1.54) is 48.6 Å². The number of carbonyl (C=O) groups is 2. The molecule has 1 aliphatic rings. The number of hydrogen-bond acceptors (Lipinski definition) is 8. The van der Waals surface area contributed by atoms with Crippen molar-refractivity contribution >= 4 is 29.0 Å². The van der Waals surface area contributed by atoms with Crippen molar-refractivity contribution in [3.63, 3.8) is 0 Å². The number of allylic oxidation sites excluding steroid dienone is 4. The minimum atomic E-state index is -0.759. The van der Waals surface area contributed by atoms with E-state index in [1.807, 2.05) is 6.92 Å². The summed E-state index contributed by atoms with van der Waals surface area (Å²) < 4.78 is 0. The van der Waals surface area contributed by atoms with Crippen LogP contribution in [-0.4, -0.2) is 28.3 Å². The number of nitrogens with zero attached hydrogens (tertiary/aromatic N) is 3. The molecule has 9 heteroatoms. The van der Waals surface area contributed by atoms with Crippen LogP contribution in [0.3, 0.4) is 0 Å². The highest BCUT2D eigenvalue weighted by atomic mass is 16.7. The second-order valence-corrected chi connectivity index (χ2v) is 6.13. The molecule has 0 bridgehead atoms. The van der Waals surface area contributed by atoms with Gasteiger partial charge in [0.1, 0.15) is 11.4 Å². The zero-order valence-corrected chi connectivity index (χ0v) is 15.7. The van der Waals surface area contributed by atoms with E-state index in [1.54, 1.807) is 24.3 Å². The number of oxime groups is 2. The number of aryl methyl sites for hydroxylation is 1. The van der Waals surface area contributed by atoms with Crippen LogP contribution >= 0.6 is 0 Å². The molecule has 0 radical (unpaired) electrons. The Morgan fingerprint density at radius 2 is 1.17 bits per heavy atom. The van der Waals surface area contributed by atoms with E-state index in [-0.39, 0.29) is 11.3 Å². The van der Waals surface area contributed by atoms with Crippen molar-refractivity contribution in [3.05, 3.63) is 99.6 Å². The van der Waals surface area contributed by atoms with E-state index >= 15 is 0 Å². The lowest BCUT2D eigenvalue weighted by molar-refractivity contribution is -0.384. The summed E-state index contributed by atoms with van der Waals surface area (Å²) in [7, 11) is 0. The Balaban J connectivity index is 1.55. The fourth-order valence-corrected chi connectivity index (χ4v) is 2.28. The number of non-ortho nitro benzene ring substituents is 1. The minimum absolute atomic E-state index is 0.124. The Morgan fingerprint density at radius 3 is 1.57 bits per heavy atom. The van der Waals surface area contributed by atoms with Gasteiger partial charge in [-0.1, -0.05) is 28.0 Å². The largest absolute Gasteiger partial charge is 0.365 e. The van der Waals surface area contributed by atoms with E-state index in [0.29, 0.717) is 17.0 Å². The third-order valence-electron chi connectivity index (χ3n) is 3.92. The molecule has 0 saturated heterocycles. The first kappa shape index (κ1) is 20.3. The second-order valence-electron chi connectivity index (χ2n) is 6.13. The molecule has 1 aliphatic carbocycles. The Hall–Kier alpha value is -4.40. The Labute approximate surface area is 170 Å². The van der Waals surface area contributed by atoms with Crippen LogP contribution in [0.4, 0.5) is 5.69 Å². The van der Waals surface area contributed by atoms with Crippen molar-refractivity contribution in [1.29, 1.82) is 0 Å². The van der Waals surface area contributed by atoms with Crippen LogP contribution in [0.2, 0.25) is 0 Å². The topological polar surface area (TPSA) is 120 Å². The zero-order valence-electron chi connectivity index (χ0n) is 15.7. The van der Waals surface area contributed by atoms with Gasteiger partial charge >= 0.3 is 11.9 Å². The summed E-state index contributed by atoms with van der Waals surface area (Å²) in [5.41, 5.74) is 2.10. The number of carbonyl (C=O) groups excluding carboxylic acids is 2. The predicted molar refractivity (Wildman–Crippen MR) is 108 cm³/mol. The molecule has 0 fully saturated rings. The van der Waals surface area contributed by atoms with Crippen molar-refractivity contribution in [2.75, 3.05) is 0 Å². The molecular weight excluding hydrogens is 390 g/mol. The summed E-state index contributed by atoms with van der Waals surface area (Å²) in [6.45, 7) is 1.91. The quantitative estimate of drug-likeness (QED) is 0.323. The van der Waals surface area contributed by atoms with Crippen LogP contribution in [-0.2, 0) is 9.68 Å². The smallest absolute Gasteiger partial charge is 0.312 e. The first-order valence-electron chi connectivity index (χ1n) is 8.68. The SMILES string of the molecule is Cc1ccc(C(=O)ON=C2C=CC(=NOC(=O)c3ccc([N+](=O)[O-])cc3)C=C2)cc1. The first-order valence-corrected chi connectivity index (χ1v) is 8.68. The van der Waals surface area contributed by atoms with Crippen LogP contribution < -0.4 is 0 Å². The average molecular weight is 405 g/mol. The maximum atomic E-state index is 11.9. The molecule has 150 valence electrons. The molecule has 0 amide bonds. The average Bonchev–Trinajstić information content (AvgIpc) is 2.77. The third kappa shape index (κ3) is 5.32. The standard InChI is InChI=1S/C21H15N3O6/c1-14-2-4-15(5-3-14)20(25)29-22-17-8-10-18(11-9-17)23-30-21(26)16-6-12-19(13-7-16)24(27)28/h2-13H,1H3. The van der Waals surface area contributed by atoms with Gasteiger partial charge in [-0.2, -0.15) is 0 Å². The highest BCUT2D eigenvalue weighted by Crippen LogP contribution is 2.13. The predicted octanol–water partition coefficient (Wildman–Crippen LogP) is 3.76. The van der Waals surface area contributed by atoms with Crippen LogP contribution in [0.15, 0.2) is 83.1 Å². The highest BCUT2D eigenvalue weighted by molar-refractivity contribution is 6.18. The van der Waals surface area contributed by atoms with E-state index < -0.39 is 16.9 Å². The number of rotatable bonds is 5. The maximum absolute atomic E-state index is 11.9. The Bertz CT molecular complexity index is 1080. The van der Waals surface area contributed by atoms with Gasteiger partial charge in [0, 0.05) is 12.1 Å². The van der Waals surface area contributed by atoms with Crippen molar-refractivity contribution in [1.82, 2.24) is 0 Å². The molecule has 0 spiro atoms. The number of nitro benzene ring substituents is 1. The molecule has 9 nitrogen and oxygen atoms in total. The molecule has 0 aromatic heterocycles. The Kier molecular flexibility index (Phi) is 6.23. The summed E-state index contributed by atoms with van der Waals surface area (Å²) in [5.74, 6) is -1.34. The van der Waals surface area contributed by atoms with E-state index in [2.05, 4.69) is 10.3 Å². The summed E-state index contributed by atoms with van der Waals surface area (Å²) in [5, 5.41) is 18.1. The van der Waals surface area contributed by atoms with Gasteiger partial charge in [-0.3, -0.25) is 10.1 Å². The normalized spacial score (nSPS) is 12.3. The molecule has 2 aromatic rings.